The van der Waals surface area contributed by atoms with Gasteiger partial charge in [-0.1, -0.05) is 12.1 Å². The van der Waals surface area contributed by atoms with Gasteiger partial charge in [-0.05, 0) is 53.0 Å². The molecule has 3 N–H and O–H groups in total. The van der Waals surface area contributed by atoms with Crippen LogP contribution in [0.2, 0.25) is 0 Å². The second-order valence-corrected chi connectivity index (χ2v) is 5.94. The zero-order chi connectivity index (χ0) is 15.7. The van der Waals surface area contributed by atoms with E-state index in [0.29, 0.717) is 10.8 Å². The summed E-state index contributed by atoms with van der Waals surface area (Å²) in [7, 11) is 0. The summed E-state index contributed by atoms with van der Waals surface area (Å²) < 4.78 is 0. The summed E-state index contributed by atoms with van der Waals surface area (Å²) in [5.41, 5.74) is 2.37. The molecule has 0 saturated carbocycles. The van der Waals surface area contributed by atoms with Crippen LogP contribution in [-0.2, 0) is 4.79 Å². The van der Waals surface area contributed by atoms with E-state index in [1.165, 1.54) is 11.3 Å². The molecule has 3 rings (SSSR count). The van der Waals surface area contributed by atoms with Crippen LogP contribution in [0.5, 0.6) is 0 Å². The number of aromatic carboxylic acids is 1. The van der Waals surface area contributed by atoms with E-state index >= 15 is 0 Å². The number of thiocarbonyl (C=S) groups is 1. The predicted octanol–water partition coefficient (Wildman–Crippen LogP) is 2.46. The molecule has 1 fully saturated rings. The molecule has 1 aromatic heterocycles. The van der Waals surface area contributed by atoms with E-state index in [0.717, 1.165) is 16.0 Å². The van der Waals surface area contributed by atoms with Crippen molar-refractivity contribution < 1.29 is 14.7 Å². The lowest BCUT2D eigenvalue weighted by Gasteiger charge is -1.99. The molecule has 1 aliphatic heterocycles. The maximum Gasteiger partial charge on any atom is 0.335 e. The summed E-state index contributed by atoms with van der Waals surface area (Å²) in [6, 6.07) is 8.63. The number of hydrogen-bond acceptors (Lipinski definition) is 4. The lowest BCUT2D eigenvalue weighted by Crippen LogP contribution is -2.21. The van der Waals surface area contributed by atoms with Crippen LogP contribution in [0.25, 0.3) is 17.2 Å². The first-order valence-electron chi connectivity index (χ1n) is 6.29. The number of hydrogen-bond donors (Lipinski definition) is 3. The van der Waals surface area contributed by atoms with Gasteiger partial charge >= 0.3 is 5.97 Å². The highest BCUT2D eigenvalue weighted by molar-refractivity contribution is 7.80. The van der Waals surface area contributed by atoms with Gasteiger partial charge < -0.3 is 10.4 Å². The molecule has 1 aliphatic rings. The molecule has 0 bridgehead atoms. The van der Waals surface area contributed by atoms with Crippen molar-refractivity contribution in [3.8, 4) is 11.1 Å². The van der Waals surface area contributed by atoms with Gasteiger partial charge in [0.1, 0.15) is 5.70 Å². The highest BCUT2D eigenvalue weighted by Crippen LogP contribution is 2.27. The quantitative estimate of drug-likeness (QED) is 0.595. The van der Waals surface area contributed by atoms with E-state index in [1.807, 2.05) is 17.5 Å². The number of rotatable bonds is 3. The SMILES string of the molecule is O=C1NC(=S)N/C1=C\c1cc(-c2cccc(C(=O)O)c2)cs1. The summed E-state index contributed by atoms with van der Waals surface area (Å²) in [4.78, 5) is 23.5. The number of thiophene rings is 1. The van der Waals surface area contributed by atoms with Gasteiger partial charge in [0, 0.05) is 4.88 Å². The Kier molecular flexibility index (Phi) is 3.74. The number of amides is 1. The van der Waals surface area contributed by atoms with Crippen molar-refractivity contribution in [2.45, 2.75) is 0 Å². The smallest absolute Gasteiger partial charge is 0.335 e. The average Bonchev–Trinajstić information content (AvgIpc) is 3.06. The van der Waals surface area contributed by atoms with Crippen LogP contribution in [0.4, 0.5) is 0 Å². The van der Waals surface area contributed by atoms with Crippen LogP contribution < -0.4 is 10.6 Å². The van der Waals surface area contributed by atoms with Crippen LogP contribution in [0, 0.1) is 0 Å². The Morgan fingerprint density at radius 1 is 1.23 bits per heavy atom. The molecule has 0 unspecified atom stereocenters. The maximum atomic E-state index is 11.6. The van der Waals surface area contributed by atoms with Gasteiger partial charge in [0.15, 0.2) is 5.11 Å². The Morgan fingerprint density at radius 3 is 2.73 bits per heavy atom. The third-order valence-electron chi connectivity index (χ3n) is 3.07. The van der Waals surface area contributed by atoms with Crippen molar-refractivity contribution in [2.24, 2.45) is 0 Å². The van der Waals surface area contributed by atoms with Crippen molar-refractivity contribution in [1.82, 2.24) is 10.6 Å². The Bertz CT molecular complexity index is 824. The van der Waals surface area contributed by atoms with Crippen LogP contribution in [0.15, 0.2) is 41.4 Å². The minimum absolute atomic E-state index is 0.241. The van der Waals surface area contributed by atoms with Crippen molar-refractivity contribution in [2.75, 3.05) is 0 Å². The van der Waals surface area contributed by atoms with Gasteiger partial charge in [-0.2, -0.15) is 0 Å². The Hall–Kier alpha value is -2.51. The number of carboxylic acid groups (broad SMARTS) is 1. The van der Waals surface area contributed by atoms with Crippen molar-refractivity contribution in [3.63, 3.8) is 0 Å². The molecule has 0 aliphatic carbocycles. The Balaban J connectivity index is 1.90. The molecule has 1 amide bonds. The molecular weight excluding hydrogens is 320 g/mol. The van der Waals surface area contributed by atoms with Crippen molar-refractivity contribution in [3.05, 3.63) is 51.8 Å². The summed E-state index contributed by atoms with van der Waals surface area (Å²) in [6.07, 6.45) is 1.71. The largest absolute Gasteiger partial charge is 0.478 e. The van der Waals surface area contributed by atoms with Gasteiger partial charge in [-0.15, -0.1) is 11.3 Å². The molecule has 5 nitrogen and oxygen atoms in total. The molecule has 0 radical (unpaired) electrons. The highest BCUT2D eigenvalue weighted by Gasteiger charge is 2.20. The van der Waals surface area contributed by atoms with E-state index in [9.17, 15) is 9.59 Å². The molecule has 0 spiro atoms. The normalized spacial score (nSPS) is 15.7. The van der Waals surface area contributed by atoms with E-state index < -0.39 is 5.97 Å². The monoisotopic (exact) mass is 330 g/mol. The topological polar surface area (TPSA) is 78.4 Å². The summed E-state index contributed by atoms with van der Waals surface area (Å²) >= 11 is 6.34. The lowest BCUT2D eigenvalue weighted by atomic mass is 10.1. The van der Waals surface area contributed by atoms with Crippen molar-refractivity contribution >= 4 is 46.6 Å². The molecule has 0 atom stereocenters. The molecule has 7 heteroatoms. The Labute approximate surface area is 135 Å². The zero-order valence-corrected chi connectivity index (χ0v) is 12.8. The van der Waals surface area contributed by atoms with Crippen molar-refractivity contribution in [1.29, 1.82) is 0 Å². The fraction of sp³-hybridized carbons (Fsp3) is 0. The van der Waals surface area contributed by atoms with Crippen LogP contribution in [0.3, 0.4) is 0 Å². The van der Waals surface area contributed by atoms with Crippen LogP contribution >= 0.6 is 23.6 Å². The molecule has 2 aromatic rings. The number of benzene rings is 1. The molecule has 22 heavy (non-hydrogen) atoms. The Morgan fingerprint density at radius 2 is 2.05 bits per heavy atom. The van der Waals surface area contributed by atoms with E-state index in [4.69, 9.17) is 17.3 Å². The molecule has 1 saturated heterocycles. The standard InChI is InChI=1S/C15H10N2O3S2/c18-13-12(16-15(21)17-13)6-11-5-10(7-22-11)8-2-1-3-9(4-8)14(19)20/h1-7H,(H,19,20)(H2,16,17,18,21)/b12-6-. The fourth-order valence-corrected chi connectivity index (χ4v) is 3.09. The van der Waals surface area contributed by atoms with E-state index in [2.05, 4.69) is 10.6 Å². The minimum atomic E-state index is -0.959. The van der Waals surface area contributed by atoms with E-state index in [-0.39, 0.29) is 11.5 Å². The fourth-order valence-electron chi connectivity index (χ4n) is 2.04. The first-order chi connectivity index (χ1) is 10.5. The third kappa shape index (κ3) is 2.90. The minimum Gasteiger partial charge on any atom is -0.478 e. The summed E-state index contributed by atoms with van der Waals surface area (Å²) in [5, 5.41) is 16.5. The van der Waals surface area contributed by atoms with Gasteiger partial charge in [-0.25, -0.2) is 4.79 Å². The zero-order valence-electron chi connectivity index (χ0n) is 11.1. The van der Waals surface area contributed by atoms with Crippen LogP contribution in [-0.4, -0.2) is 22.1 Å². The van der Waals surface area contributed by atoms with Gasteiger partial charge in [0.25, 0.3) is 5.91 Å². The predicted molar refractivity (Wildman–Crippen MR) is 88.6 cm³/mol. The lowest BCUT2D eigenvalue weighted by molar-refractivity contribution is -0.115. The highest BCUT2D eigenvalue weighted by atomic mass is 32.1. The van der Waals surface area contributed by atoms with Gasteiger partial charge in [0.05, 0.1) is 5.56 Å². The molecule has 1 aromatic carbocycles. The van der Waals surface area contributed by atoms with E-state index in [1.54, 1.807) is 24.3 Å². The molecular formula is C15H10N2O3S2. The number of carbonyl (C=O) groups excluding carboxylic acids is 1. The average molecular weight is 330 g/mol. The van der Waals surface area contributed by atoms with Gasteiger partial charge in [0.2, 0.25) is 0 Å². The number of carbonyl (C=O) groups is 2. The second-order valence-electron chi connectivity index (χ2n) is 4.59. The maximum absolute atomic E-state index is 11.6. The molecule has 2 heterocycles. The number of nitrogens with one attached hydrogen (secondary N) is 2. The van der Waals surface area contributed by atoms with Gasteiger partial charge in [-0.3, -0.25) is 10.1 Å². The first kappa shape index (κ1) is 14.4. The first-order valence-corrected chi connectivity index (χ1v) is 7.58. The number of carboxylic acids is 1. The summed E-state index contributed by atoms with van der Waals surface area (Å²) in [5.74, 6) is -1.22. The third-order valence-corrected chi connectivity index (χ3v) is 4.15. The summed E-state index contributed by atoms with van der Waals surface area (Å²) in [6.45, 7) is 0. The van der Waals surface area contributed by atoms with Crippen LogP contribution in [0.1, 0.15) is 15.2 Å². The molecule has 110 valence electrons. The second kappa shape index (κ2) is 5.70.